The Morgan fingerprint density at radius 1 is 1.47 bits per heavy atom. The number of nitrogens with one attached hydrogen (secondary N) is 1. The van der Waals surface area contributed by atoms with Crippen molar-refractivity contribution in [3.63, 3.8) is 0 Å². The molecule has 0 amide bonds. The Kier molecular flexibility index (Phi) is 4.17. The summed E-state index contributed by atoms with van der Waals surface area (Å²) in [6.07, 6.45) is 1.55. The van der Waals surface area contributed by atoms with E-state index in [2.05, 4.69) is 20.6 Å². The molecule has 0 unspecified atom stereocenters. The number of aliphatic imine (C=N–C) groups is 1. The van der Waals surface area contributed by atoms with E-state index in [1.165, 1.54) is 0 Å². The van der Waals surface area contributed by atoms with Gasteiger partial charge in [0.15, 0.2) is 11.7 Å². The number of nitrogens with zero attached hydrogens (tertiary/aromatic N) is 4. The van der Waals surface area contributed by atoms with E-state index >= 15 is 0 Å². The van der Waals surface area contributed by atoms with Gasteiger partial charge >= 0.3 is 0 Å². The van der Waals surface area contributed by atoms with Crippen molar-refractivity contribution in [2.45, 2.75) is 20.0 Å². The van der Waals surface area contributed by atoms with Gasteiger partial charge in [0, 0.05) is 26.2 Å². The monoisotopic (exact) mass is 263 g/mol. The van der Waals surface area contributed by atoms with Gasteiger partial charge in [0.1, 0.15) is 12.0 Å². The zero-order valence-electron chi connectivity index (χ0n) is 11.3. The highest BCUT2D eigenvalue weighted by molar-refractivity contribution is 5.79. The van der Waals surface area contributed by atoms with Crippen LogP contribution >= 0.6 is 0 Å². The average Bonchev–Trinajstić information content (AvgIpc) is 3.02. The van der Waals surface area contributed by atoms with Crippen molar-refractivity contribution in [2.75, 3.05) is 14.1 Å². The molecule has 2 aromatic heterocycles. The fourth-order valence-corrected chi connectivity index (χ4v) is 1.69. The molecule has 7 nitrogen and oxygen atoms in total. The minimum Gasteiger partial charge on any atom is -0.364 e. The first-order valence-electron chi connectivity index (χ1n) is 5.92. The van der Waals surface area contributed by atoms with Crippen LogP contribution in [-0.2, 0) is 13.1 Å². The zero-order valence-corrected chi connectivity index (χ0v) is 11.3. The summed E-state index contributed by atoms with van der Waals surface area (Å²) < 4.78 is 9.93. The second kappa shape index (κ2) is 6.03. The lowest BCUT2D eigenvalue weighted by Gasteiger charge is -2.20. The maximum Gasteiger partial charge on any atom is 0.194 e. The van der Waals surface area contributed by atoms with Crippen molar-refractivity contribution in [3.8, 4) is 0 Å². The molecule has 0 fully saturated rings. The van der Waals surface area contributed by atoms with Gasteiger partial charge in [0.25, 0.3) is 0 Å². The van der Waals surface area contributed by atoms with E-state index in [9.17, 15) is 0 Å². The fourth-order valence-electron chi connectivity index (χ4n) is 1.69. The second-order valence-electron chi connectivity index (χ2n) is 4.18. The zero-order chi connectivity index (χ0) is 13.7. The van der Waals surface area contributed by atoms with Crippen molar-refractivity contribution in [3.05, 3.63) is 35.5 Å². The van der Waals surface area contributed by atoms with Gasteiger partial charge in [0.05, 0.1) is 18.8 Å². The fraction of sp³-hybridized carbons (Fsp3) is 0.417. The Hall–Kier alpha value is -2.31. The van der Waals surface area contributed by atoms with Crippen LogP contribution in [0.4, 0.5) is 0 Å². The quantitative estimate of drug-likeness (QED) is 0.659. The van der Waals surface area contributed by atoms with Crippen molar-refractivity contribution in [1.29, 1.82) is 0 Å². The van der Waals surface area contributed by atoms with Crippen LogP contribution in [0.5, 0.6) is 0 Å². The minimum atomic E-state index is 0.538. The van der Waals surface area contributed by atoms with Crippen LogP contribution in [-0.4, -0.2) is 35.3 Å². The number of aromatic nitrogens is 2. The molecule has 0 saturated carbocycles. The molecule has 0 aliphatic heterocycles. The molecule has 2 rings (SSSR count). The standard InChI is InChI=1S/C12H17N5O2/c1-9-6-11(19-15-9)7-14-12(13-2)17(3)8-10-4-5-18-16-10/h4-6H,7-8H2,1-3H3,(H,13,14). The normalized spacial score (nSPS) is 11.6. The van der Waals surface area contributed by atoms with Gasteiger partial charge in [-0.25, -0.2) is 0 Å². The maximum absolute atomic E-state index is 5.13. The van der Waals surface area contributed by atoms with Gasteiger partial charge in [-0.15, -0.1) is 0 Å². The van der Waals surface area contributed by atoms with E-state index in [0.717, 1.165) is 23.1 Å². The minimum absolute atomic E-state index is 0.538. The maximum atomic E-state index is 5.13. The van der Waals surface area contributed by atoms with Crippen LogP contribution in [0.25, 0.3) is 0 Å². The number of rotatable bonds is 4. The van der Waals surface area contributed by atoms with E-state index in [1.54, 1.807) is 13.3 Å². The van der Waals surface area contributed by atoms with Crippen molar-refractivity contribution >= 4 is 5.96 Å². The molecule has 0 radical (unpaired) electrons. The first kappa shape index (κ1) is 13.1. The Labute approximate surface area is 111 Å². The van der Waals surface area contributed by atoms with Crippen LogP contribution in [0, 0.1) is 6.92 Å². The third-order valence-electron chi connectivity index (χ3n) is 2.56. The van der Waals surface area contributed by atoms with Crippen LogP contribution in [0.1, 0.15) is 17.1 Å². The van der Waals surface area contributed by atoms with E-state index < -0.39 is 0 Å². The van der Waals surface area contributed by atoms with E-state index in [1.807, 2.05) is 31.0 Å². The Morgan fingerprint density at radius 3 is 2.89 bits per heavy atom. The molecule has 0 atom stereocenters. The predicted molar refractivity (Wildman–Crippen MR) is 69.4 cm³/mol. The lowest BCUT2D eigenvalue weighted by atomic mass is 10.4. The molecule has 2 aromatic rings. The third kappa shape index (κ3) is 3.57. The summed E-state index contributed by atoms with van der Waals surface area (Å²) in [6, 6.07) is 3.71. The summed E-state index contributed by atoms with van der Waals surface area (Å²) in [7, 11) is 3.66. The van der Waals surface area contributed by atoms with Crippen molar-refractivity contribution < 1.29 is 9.05 Å². The summed E-state index contributed by atoms with van der Waals surface area (Å²) in [4.78, 5) is 6.15. The molecule has 1 N–H and O–H groups in total. The highest BCUT2D eigenvalue weighted by Crippen LogP contribution is 2.03. The molecule has 7 heteroatoms. The van der Waals surface area contributed by atoms with Crippen LogP contribution < -0.4 is 5.32 Å². The van der Waals surface area contributed by atoms with Gasteiger partial charge in [0.2, 0.25) is 0 Å². The molecule has 0 saturated heterocycles. The smallest absolute Gasteiger partial charge is 0.194 e. The van der Waals surface area contributed by atoms with Crippen molar-refractivity contribution in [1.82, 2.24) is 20.5 Å². The third-order valence-corrected chi connectivity index (χ3v) is 2.56. The van der Waals surface area contributed by atoms with Gasteiger partial charge in [-0.3, -0.25) is 4.99 Å². The van der Waals surface area contributed by atoms with Crippen LogP contribution in [0.3, 0.4) is 0 Å². The Bertz CT molecular complexity index is 532. The highest BCUT2D eigenvalue weighted by atomic mass is 16.5. The number of hydrogen-bond donors (Lipinski definition) is 1. The van der Waals surface area contributed by atoms with Gasteiger partial charge in [-0.05, 0) is 6.92 Å². The highest BCUT2D eigenvalue weighted by Gasteiger charge is 2.09. The number of aryl methyl sites for hydroxylation is 1. The molecular formula is C12H17N5O2. The lowest BCUT2D eigenvalue weighted by Crippen LogP contribution is -2.38. The molecule has 0 aliphatic rings. The topological polar surface area (TPSA) is 79.7 Å². The summed E-state index contributed by atoms with van der Waals surface area (Å²) in [5.74, 6) is 1.52. The molecule has 0 aromatic carbocycles. The predicted octanol–water partition coefficient (Wildman–Crippen LogP) is 1.18. The van der Waals surface area contributed by atoms with Gasteiger partial charge in [-0.1, -0.05) is 10.3 Å². The number of hydrogen-bond acceptors (Lipinski definition) is 5. The Balaban J connectivity index is 1.89. The molecule has 2 heterocycles. The van der Waals surface area contributed by atoms with E-state index in [4.69, 9.17) is 9.05 Å². The summed E-state index contributed by atoms with van der Waals surface area (Å²) in [5, 5.41) is 10.9. The Morgan fingerprint density at radius 2 is 2.32 bits per heavy atom. The van der Waals surface area contributed by atoms with Crippen LogP contribution in [0.2, 0.25) is 0 Å². The molecule has 19 heavy (non-hydrogen) atoms. The van der Waals surface area contributed by atoms with Gasteiger partial charge < -0.3 is 19.3 Å². The largest absolute Gasteiger partial charge is 0.364 e. The molecule has 0 aliphatic carbocycles. The number of guanidine groups is 1. The summed E-state index contributed by atoms with van der Waals surface area (Å²) >= 11 is 0. The lowest BCUT2D eigenvalue weighted by molar-refractivity contribution is 0.370. The molecule has 102 valence electrons. The van der Waals surface area contributed by atoms with E-state index in [0.29, 0.717) is 13.1 Å². The average molecular weight is 263 g/mol. The second-order valence-corrected chi connectivity index (χ2v) is 4.18. The van der Waals surface area contributed by atoms with Crippen molar-refractivity contribution in [2.24, 2.45) is 4.99 Å². The molecule has 0 spiro atoms. The SMILES string of the molecule is CN=C(NCc1cc(C)no1)N(C)Cc1ccon1. The molecular weight excluding hydrogens is 246 g/mol. The first-order chi connectivity index (χ1) is 9.19. The summed E-state index contributed by atoms with van der Waals surface area (Å²) in [6.45, 7) is 3.04. The summed E-state index contributed by atoms with van der Waals surface area (Å²) in [5.41, 5.74) is 1.71. The first-order valence-corrected chi connectivity index (χ1v) is 5.92. The molecule has 0 bridgehead atoms. The van der Waals surface area contributed by atoms with Gasteiger partial charge in [-0.2, -0.15) is 0 Å². The van der Waals surface area contributed by atoms with Crippen LogP contribution in [0.15, 0.2) is 32.4 Å². The van der Waals surface area contributed by atoms with E-state index in [-0.39, 0.29) is 0 Å².